The third kappa shape index (κ3) is 4.98. The maximum Gasteiger partial charge on any atom is 0.229 e. The maximum atomic E-state index is 15.1. The molecule has 0 bridgehead atoms. The summed E-state index contributed by atoms with van der Waals surface area (Å²) in [6.07, 6.45) is 4.82. The molecule has 39 heavy (non-hydrogen) atoms. The number of aromatic nitrogens is 4. The summed E-state index contributed by atoms with van der Waals surface area (Å²) < 4.78 is 42.7. The number of anilines is 3. The van der Waals surface area contributed by atoms with E-state index in [1.165, 1.54) is 16.6 Å². The molecular weight excluding hydrogens is 508 g/mol. The van der Waals surface area contributed by atoms with E-state index in [2.05, 4.69) is 25.3 Å². The molecule has 0 spiro atoms. The second-order valence-corrected chi connectivity index (χ2v) is 10.1. The van der Waals surface area contributed by atoms with Crippen molar-refractivity contribution < 1.29 is 23.4 Å². The minimum absolute atomic E-state index is 0.0145. The number of hydrogen-bond acceptors (Lipinski definition) is 9. The van der Waals surface area contributed by atoms with Gasteiger partial charge in [-0.25, -0.2) is 13.8 Å². The summed E-state index contributed by atoms with van der Waals surface area (Å²) in [5.74, 6) is -1.12. The van der Waals surface area contributed by atoms with E-state index in [-0.39, 0.29) is 35.1 Å². The summed E-state index contributed by atoms with van der Waals surface area (Å²) in [4.78, 5) is 10.8. The van der Waals surface area contributed by atoms with Gasteiger partial charge in [0.15, 0.2) is 0 Å². The number of nitrogens with one attached hydrogen (secondary N) is 1. The Balaban J connectivity index is 1.30. The summed E-state index contributed by atoms with van der Waals surface area (Å²) in [7, 11) is 0. The quantitative estimate of drug-likeness (QED) is 0.340. The molecule has 4 aromatic rings. The molecule has 6 rings (SSSR count). The molecule has 10 nitrogen and oxygen atoms in total. The molecule has 2 saturated heterocycles. The van der Waals surface area contributed by atoms with Crippen LogP contribution in [0.25, 0.3) is 16.8 Å². The summed E-state index contributed by atoms with van der Waals surface area (Å²) in [5, 5.41) is 18.0. The van der Waals surface area contributed by atoms with Crippen LogP contribution in [-0.2, 0) is 4.74 Å². The minimum Gasteiger partial charge on any atom is -0.488 e. The van der Waals surface area contributed by atoms with Crippen molar-refractivity contribution in [1.82, 2.24) is 19.6 Å². The Morgan fingerprint density at radius 2 is 1.97 bits per heavy atom. The number of aliphatic hydroxyl groups excluding tert-OH is 1. The van der Waals surface area contributed by atoms with Crippen molar-refractivity contribution in [2.24, 2.45) is 11.7 Å². The second-order valence-electron chi connectivity index (χ2n) is 10.1. The molecule has 4 atom stereocenters. The first kappa shape index (κ1) is 25.4. The van der Waals surface area contributed by atoms with Crippen LogP contribution in [0, 0.1) is 17.6 Å². The average Bonchev–Trinajstić information content (AvgIpc) is 3.57. The SMILES string of the molecule is CC1CN(c2ccncc2Nc2ncc3ccc(-c4c(F)cc(OC5CCOC5)cc4F)nn23)CC(N)C1O. The normalized spacial score (nSPS) is 23.4. The number of rotatable bonds is 6. The Kier molecular flexibility index (Phi) is 6.75. The van der Waals surface area contributed by atoms with Gasteiger partial charge in [0.25, 0.3) is 0 Å². The first-order chi connectivity index (χ1) is 18.9. The molecule has 4 N–H and O–H groups in total. The van der Waals surface area contributed by atoms with Crippen molar-refractivity contribution in [3.63, 3.8) is 0 Å². The lowest BCUT2D eigenvalue weighted by Gasteiger charge is -2.40. The van der Waals surface area contributed by atoms with E-state index in [1.54, 1.807) is 30.7 Å². The van der Waals surface area contributed by atoms with Crippen LogP contribution in [0.5, 0.6) is 5.75 Å². The molecule has 0 aliphatic carbocycles. The van der Waals surface area contributed by atoms with Gasteiger partial charge in [-0.2, -0.15) is 9.61 Å². The predicted molar refractivity (Wildman–Crippen MR) is 141 cm³/mol. The topological polar surface area (TPSA) is 123 Å². The highest BCUT2D eigenvalue weighted by atomic mass is 19.1. The summed E-state index contributed by atoms with van der Waals surface area (Å²) in [6.45, 7) is 4.00. The van der Waals surface area contributed by atoms with Crippen molar-refractivity contribution in [3.05, 3.63) is 60.6 Å². The lowest BCUT2D eigenvalue weighted by Crippen LogP contribution is -2.55. The number of fused-ring (bicyclic) bond motifs is 1. The number of hydrogen-bond donors (Lipinski definition) is 3. The van der Waals surface area contributed by atoms with Crippen LogP contribution >= 0.6 is 0 Å². The van der Waals surface area contributed by atoms with Crippen LogP contribution in [0.3, 0.4) is 0 Å². The van der Waals surface area contributed by atoms with Crippen LogP contribution < -0.4 is 20.7 Å². The van der Waals surface area contributed by atoms with Gasteiger partial charge in [-0.3, -0.25) is 4.98 Å². The zero-order chi connectivity index (χ0) is 27.1. The van der Waals surface area contributed by atoms with E-state index in [1.807, 2.05) is 13.0 Å². The Labute approximate surface area is 223 Å². The van der Waals surface area contributed by atoms with Gasteiger partial charge in [-0.1, -0.05) is 6.92 Å². The number of imidazole rings is 1. The molecule has 0 saturated carbocycles. The van der Waals surface area contributed by atoms with Gasteiger partial charge in [0.05, 0.1) is 59.9 Å². The largest absolute Gasteiger partial charge is 0.488 e. The highest BCUT2D eigenvalue weighted by Crippen LogP contribution is 2.33. The first-order valence-corrected chi connectivity index (χ1v) is 12.9. The zero-order valence-electron chi connectivity index (χ0n) is 21.3. The highest BCUT2D eigenvalue weighted by Gasteiger charge is 2.32. The lowest BCUT2D eigenvalue weighted by molar-refractivity contribution is 0.0785. The zero-order valence-corrected chi connectivity index (χ0v) is 21.3. The lowest BCUT2D eigenvalue weighted by atomic mass is 9.92. The Hall–Kier alpha value is -3.87. The number of nitrogens with zero attached hydrogens (tertiary/aromatic N) is 5. The third-order valence-corrected chi connectivity index (χ3v) is 7.19. The fourth-order valence-electron chi connectivity index (χ4n) is 5.15. The molecule has 0 amide bonds. The van der Waals surface area contributed by atoms with Crippen molar-refractivity contribution in [2.45, 2.75) is 31.6 Å². The Morgan fingerprint density at radius 3 is 2.72 bits per heavy atom. The van der Waals surface area contributed by atoms with Gasteiger partial charge in [0.2, 0.25) is 5.95 Å². The molecule has 5 heterocycles. The molecule has 0 radical (unpaired) electrons. The van der Waals surface area contributed by atoms with Crippen LogP contribution in [0.1, 0.15) is 13.3 Å². The van der Waals surface area contributed by atoms with E-state index >= 15 is 8.78 Å². The van der Waals surface area contributed by atoms with Gasteiger partial charge in [0, 0.05) is 49.8 Å². The summed E-state index contributed by atoms with van der Waals surface area (Å²) >= 11 is 0. The fourth-order valence-corrected chi connectivity index (χ4v) is 5.15. The monoisotopic (exact) mass is 537 g/mol. The Morgan fingerprint density at radius 1 is 1.15 bits per heavy atom. The number of halogens is 2. The second kappa shape index (κ2) is 10.4. The number of piperidine rings is 1. The van der Waals surface area contributed by atoms with Gasteiger partial charge in [0.1, 0.15) is 23.5 Å². The molecule has 1 aromatic carbocycles. The van der Waals surface area contributed by atoms with Crippen molar-refractivity contribution in [1.29, 1.82) is 0 Å². The third-order valence-electron chi connectivity index (χ3n) is 7.19. The van der Waals surface area contributed by atoms with Crippen LogP contribution in [0.2, 0.25) is 0 Å². The molecule has 2 fully saturated rings. The van der Waals surface area contributed by atoms with Gasteiger partial charge in [-0.05, 0) is 18.2 Å². The molecule has 2 aliphatic heterocycles. The van der Waals surface area contributed by atoms with E-state index in [4.69, 9.17) is 15.2 Å². The fraction of sp³-hybridized carbons (Fsp3) is 0.370. The molecule has 2 aliphatic rings. The molecule has 3 aromatic heterocycles. The number of nitrogens with two attached hydrogens (primary N) is 1. The average molecular weight is 538 g/mol. The smallest absolute Gasteiger partial charge is 0.229 e. The van der Waals surface area contributed by atoms with Gasteiger partial charge < -0.3 is 30.5 Å². The summed E-state index contributed by atoms with van der Waals surface area (Å²) in [6, 6.07) is 7.04. The van der Waals surface area contributed by atoms with Gasteiger partial charge in [-0.15, -0.1) is 0 Å². The number of pyridine rings is 1. The first-order valence-electron chi connectivity index (χ1n) is 12.9. The molecule has 12 heteroatoms. The highest BCUT2D eigenvalue weighted by molar-refractivity contribution is 5.74. The van der Waals surface area contributed by atoms with Crippen molar-refractivity contribution in [3.8, 4) is 17.0 Å². The molecule has 204 valence electrons. The number of ether oxygens (including phenoxy) is 2. The van der Waals surface area contributed by atoms with Crippen LogP contribution in [-0.4, -0.2) is 69.2 Å². The van der Waals surface area contributed by atoms with Gasteiger partial charge >= 0.3 is 0 Å². The predicted octanol–water partition coefficient (Wildman–Crippen LogP) is 3.13. The molecule has 4 unspecified atom stereocenters. The minimum atomic E-state index is -0.780. The Bertz CT molecular complexity index is 1460. The maximum absolute atomic E-state index is 15.1. The van der Waals surface area contributed by atoms with E-state index in [9.17, 15) is 5.11 Å². The van der Waals surface area contributed by atoms with E-state index in [0.29, 0.717) is 49.9 Å². The number of benzene rings is 1. The van der Waals surface area contributed by atoms with Crippen molar-refractivity contribution in [2.75, 3.05) is 36.5 Å². The standard InChI is InChI=1S/C27H29F2N7O3/c1-15-12-35(13-21(30)26(15)37)24-4-6-31-11-23(24)33-27-32-10-16-2-3-22(34-36(16)27)25-19(28)8-18(9-20(25)29)39-17-5-7-38-14-17/h2-4,6,8-11,15,17,21,26,37H,5,7,12-14,30H2,1H3,(H,32,33). The summed E-state index contributed by atoms with van der Waals surface area (Å²) in [5.41, 5.74) is 8.14. The van der Waals surface area contributed by atoms with E-state index < -0.39 is 17.7 Å². The van der Waals surface area contributed by atoms with Crippen LogP contribution in [0.4, 0.5) is 26.1 Å². The number of aliphatic hydroxyl groups is 1. The van der Waals surface area contributed by atoms with E-state index in [0.717, 1.165) is 5.69 Å². The molecular formula is C27H29F2N7O3. The van der Waals surface area contributed by atoms with Crippen molar-refractivity contribution >= 4 is 22.8 Å². The van der Waals surface area contributed by atoms with Crippen LogP contribution in [0.15, 0.2) is 48.9 Å².